The van der Waals surface area contributed by atoms with Crippen molar-refractivity contribution < 1.29 is 82.9 Å². The van der Waals surface area contributed by atoms with Gasteiger partial charge in [0, 0.05) is 11.8 Å². The summed E-state index contributed by atoms with van der Waals surface area (Å²) in [4.78, 5) is 79.9. The Morgan fingerprint density at radius 3 is 1.56 bits per heavy atom. The molecule has 1 aromatic heterocycles. The third-order valence-electron chi connectivity index (χ3n) is 3.02. The first-order valence-corrected chi connectivity index (χ1v) is 12.6. The van der Waals surface area contributed by atoms with Crippen molar-refractivity contribution in [1.29, 1.82) is 0 Å². The summed E-state index contributed by atoms with van der Waals surface area (Å²) in [6.45, 7) is -0.938. The Bertz CT molecular complexity index is 881. The Kier molecular flexibility index (Phi) is 14.8. The lowest BCUT2D eigenvalue weighted by Gasteiger charge is -2.18. The van der Waals surface area contributed by atoms with Crippen LogP contribution in [0.25, 0.3) is 0 Å². The molecular formula is C10H24N3O18P3. The van der Waals surface area contributed by atoms with Crippen LogP contribution in [-0.4, -0.2) is 98.9 Å². The van der Waals surface area contributed by atoms with Crippen LogP contribution in [0.4, 0.5) is 5.82 Å². The molecule has 21 nitrogen and oxygen atoms in total. The molecule has 0 saturated carbocycles. The maximum Gasteiger partial charge on any atom is 0.466 e. The third kappa shape index (κ3) is 18.2. The molecule has 2 heterocycles. The second-order valence-corrected chi connectivity index (χ2v) is 8.85. The van der Waals surface area contributed by atoms with Gasteiger partial charge in [-0.15, -0.1) is 0 Å². The summed E-state index contributed by atoms with van der Waals surface area (Å²) in [5.41, 5.74) is 4.84. The summed E-state index contributed by atoms with van der Waals surface area (Å²) in [6.07, 6.45) is -3.71. The average Bonchev–Trinajstić information content (AvgIpc) is 2.86. The average molecular weight is 567 g/mol. The van der Waals surface area contributed by atoms with Gasteiger partial charge in [-0.3, -0.25) is 4.57 Å². The summed E-state index contributed by atoms with van der Waals surface area (Å²) in [5, 5.41) is 37.5. The molecule has 0 aliphatic carbocycles. The largest absolute Gasteiger partial charge is 0.466 e. The van der Waals surface area contributed by atoms with E-state index in [1.807, 2.05) is 0 Å². The van der Waals surface area contributed by atoms with E-state index in [1.165, 1.54) is 6.20 Å². The number of hydrogen-bond acceptors (Lipinski definition) is 11. The molecule has 1 aromatic rings. The predicted molar refractivity (Wildman–Crippen MR) is 105 cm³/mol. The van der Waals surface area contributed by atoms with E-state index in [4.69, 9.17) is 78.4 Å². The highest BCUT2D eigenvalue weighted by Crippen LogP contribution is 2.29. The lowest BCUT2D eigenvalue weighted by Crippen LogP contribution is -2.36. The number of nitrogen functional groups attached to an aromatic ring is 1. The minimum absolute atomic E-state index is 0.115. The molecule has 0 amide bonds. The van der Waals surface area contributed by atoms with Crippen molar-refractivity contribution in [2.75, 3.05) is 12.3 Å². The predicted octanol–water partition coefficient (Wildman–Crippen LogP) is -5.86. The molecule has 202 valence electrons. The van der Waals surface area contributed by atoms with Crippen molar-refractivity contribution >= 4 is 29.3 Å². The number of anilines is 1. The van der Waals surface area contributed by atoms with Gasteiger partial charge < -0.3 is 74.9 Å². The second-order valence-electron chi connectivity index (χ2n) is 5.77. The van der Waals surface area contributed by atoms with Crippen LogP contribution in [0.5, 0.6) is 0 Å². The van der Waals surface area contributed by atoms with Crippen LogP contribution < -0.4 is 11.4 Å². The number of ether oxygens (including phenoxy) is 1. The van der Waals surface area contributed by atoms with Gasteiger partial charge in [-0.1, -0.05) is 0 Å². The first-order valence-electron chi connectivity index (χ1n) is 7.95. The van der Waals surface area contributed by atoms with E-state index in [0.29, 0.717) is 0 Å². The number of hydrogen-bond donors (Lipinski definition) is 14. The standard InChI is InChI=1S/C10H15N3O6.3H3O4P/c11-8-4(2-14)1-13(10(18)12-8)9-7(17)6(16)5(3-15)19-9;3*1-5(2,3)4/h1,5-7,9,14-17H,2-3H2,(H2,11,12,18);3*(H3,1,2,3,4)/t5-,6-,7-,9-;;;/m1.../s1. The van der Waals surface area contributed by atoms with Crippen LogP contribution in [0.2, 0.25) is 0 Å². The minimum Gasteiger partial charge on any atom is -0.394 e. The summed E-state index contributed by atoms with van der Waals surface area (Å²) >= 11 is 0. The molecule has 1 fully saturated rings. The summed E-state index contributed by atoms with van der Waals surface area (Å²) < 4.78 is 32.8. The summed E-state index contributed by atoms with van der Waals surface area (Å²) in [6, 6.07) is 0. The molecule has 0 bridgehead atoms. The van der Waals surface area contributed by atoms with E-state index >= 15 is 0 Å². The first kappa shape index (κ1) is 35.0. The fraction of sp³-hybridized carbons (Fsp3) is 0.600. The Labute approximate surface area is 188 Å². The number of aliphatic hydroxyl groups is 4. The highest BCUT2D eigenvalue weighted by Gasteiger charge is 2.43. The smallest absolute Gasteiger partial charge is 0.394 e. The molecule has 15 N–H and O–H groups in total. The highest BCUT2D eigenvalue weighted by atomic mass is 31.2. The number of aromatic nitrogens is 2. The van der Waals surface area contributed by atoms with Gasteiger partial charge in [-0.25, -0.2) is 18.5 Å². The van der Waals surface area contributed by atoms with Crippen molar-refractivity contribution in [2.45, 2.75) is 31.1 Å². The van der Waals surface area contributed by atoms with Crippen molar-refractivity contribution in [3.8, 4) is 0 Å². The highest BCUT2D eigenvalue weighted by molar-refractivity contribution is 7.45. The van der Waals surface area contributed by atoms with Gasteiger partial charge in [0.15, 0.2) is 6.23 Å². The SMILES string of the molecule is Nc1nc(=O)n([C@@H]2O[C@H](CO)[C@@H](O)[C@H]2O)cc1CO.O=P(O)(O)O.O=P(O)(O)O.O=P(O)(O)O. The molecule has 34 heavy (non-hydrogen) atoms. The molecule has 1 aliphatic heterocycles. The fourth-order valence-corrected chi connectivity index (χ4v) is 1.94. The van der Waals surface area contributed by atoms with Crippen molar-refractivity contribution in [2.24, 2.45) is 0 Å². The zero-order valence-electron chi connectivity index (χ0n) is 16.5. The van der Waals surface area contributed by atoms with E-state index in [9.17, 15) is 15.0 Å². The van der Waals surface area contributed by atoms with Crippen LogP contribution in [0, 0.1) is 0 Å². The van der Waals surface area contributed by atoms with E-state index in [2.05, 4.69) is 4.98 Å². The van der Waals surface area contributed by atoms with Crippen LogP contribution >= 0.6 is 23.5 Å². The van der Waals surface area contributed by atoms with Gasteiger partial charge in [0.1, 0.15) is 24.1 Å². The number of aliphatic hydroxyl groups excluding tert-OH is 4. The van der Waals surface area contributed by atoms with E-state index in [1.54, 1.807) is 0 Å². The minimum atomic E-state index is -4.64. The zero-order chi connectivity index (χ0) is 27.7. The molecule has 1 aliphatic rings. The molecule has 4 atom stereocenters. The number of phosphoric acid groups is 3. The van der Waals surface area contributed by atoms with Crippen molar-refractivity contribution in [3.63, 3.8) is 0 Å². The Morgan fingerprint density at radius 1 is 0.882 bits per heavy atom. The van der Waals surface area contributed by atoms with Gasteiger partial charge in [0.25, 0.3) is 0 Å². The fourth-order valence-electron chi connectivity index (χ4n) is 1.94. The van der Waals surface area contributed by atoms with E-state index in [0.717, 1.165) is 4.57 Å². The molecule has 0 unspecified atom stereocenters. The van der Waals surface area contributed by atoms with Gasteiger partial charge in [0.2, 0.25) is 0 Å². The first-order chi connectivity index (χ1) is 15.0. The van der Waals surface area contributed by atoms with Gasteiger partial charge >= 0.3 is 29.2 Å². The molecule has 24 heteroatoms. The quantitative estimate of drug-likeness (QED) is 0.151. The van der Waals surface area contributed by atoms with Gasteiger partial charge in [-0.2, -0.15) is 4.98 Å². The van der Waals surface area contributed by atoms with Crippen LogP contribution in [0.15, 0.2) is 11.0 Å². The number of rotatable bonds is 3. The number of nitrogens with zero attached hydrogens (tertiary/aromatic N) is 2. The Morgan fingerprint density at radius 2 is 1.26 bits per heavy atom. The zero-order valence-corrected chi connectivity index (χ0v) is 19.2. The van der Waals surface area contributed by atoms with Gasteiger partial charge in [-0.05, 0) is 0 Å². The molecule has 0 aromatic carbocycles. The molecule has 2 rings (SSSR count). The van der Waals surface area contributed by atoms with E-state index < -0.39 is 66.9 Å². The van der Waals surface area contributed by atoms with Crippen molar-refractivity contribution in [1.82, 2.24) is 9.55 Å². The molecule has 0 spiro atoms. The Hall–Kier alpha value is -1.19. The third-order valence-corrected chi connectivity index (χ3v) is 3.02. The molecular weight excluding hydrogens is 543 g/mol. The lowest BCUT2D eigenvalue weighted by molar-refractivity contribution is -0.0551. The lowest BCUT2D eigenvalue weighted by atomic mass is 10.1. The monoisotopic (exact) mass is 567 g/mol. The maximum absolute atomic E-state index is 11.7. The maximum atomic E-state index is 11.7. The normalized spacial score (nSPS) is 22.4. The molecule has 0 radical (unpaired) electrons. The topological polar surface area (TPSA) is 384 Å². The Balaban J connectivity index is 0. The van der Waals surface area contributed by atoms with Crippen LogP contribution in [0.1, 0.15) is 11.8 Å². The molecule has 1 saturated heterocycles. The second kappa shape index (κ2) is 14.4. The summed E-state index contributed by atoms with van der Waals surface area (Å²) in [7, 11) is -13.9. The van der Waals surface area contributed by atoms with Crippen molar-refractivity contribution in [3.05, 3.63) is 22.2 Å². The summed E-state index contributed by atoms with van der Waals surface area (Å²) in [5.74, 6) is -0.115. The van der Waals surface area contributed by atoms with E-state index in [-0.39, 0.29) is 11.4 Å². The number of nitrogens with two attached hydrogens (primary N) is 1. The van der Waals surface area contributed by atoms with Crippen LogP contribution in [-0.2, 0) is 25.0 Å². The van der Waals surface area contributed by atoms with Crippen LogP contribution in [0.3, 0.4) is 0 Å². The van der Waals surface area contributed by atoms with Gasteiger partial charge in [0.05, 0.1) is 13.2 Å².